The molecule has 1 aromatic carbocycles. The average Bonchev–Trinajstić information content (AvgIpc) is 3.15. The number of carbonyl (C=O) groups is 1. The summed E-state index contributed by atoms with van der Waals surface area (Å²) in [5.41, 5.74) is 0.725. The van der Waals surface area contributed by atoms with Crippen molar-refractivity contribution < 1.29 is 19.2 Å². The third kappa shape index (κ3) is 4.57. The van der Waals surface area contributed by atoms with Crippen molar-refractivity contribution in [2.24, 2.45) is 0 Å². The van der Waals surface area contributed by atoms with Crippen LogP contribution in [-0.2, 0) is 4.79 Å². The van der Waals surface area contributed by atoms with Crippen molar-refractivity contribution in [3.63, 3.8) is 0 Å². The number of likely N-dealkylation sites (tertiary alicyclic amines) is 1. The largest absolute Gasteiger partial charge is 0.477 e. The van der Waals surface area contributed by atoms with E-state index in [1.807, 2.05) is 0 Å². The number of nitrogens with zero attached hydrogens (tertiary/aromatic N) is 4. The van der Waals surface area contributed by atoms with Gasteiger partial charge in [-0.2, -0.15) is 0 Å². The number of hydrogen-bond donors (Lipinski definition) is 0. The molecule has 0 aliphatic carbocycles. The van der Waals surface area contributed by atoms with Crippen LogP contribution in [0.4, 0.5) is 5.69 Å². The molecule has 9 heteroatoms. The van der Waals surface area contributed by atoms with E-state index < -0.39 is 4.92 Å². The first-order valence-corrected chi connectivity index (χ1v) is 8.30. The molecular formula is C18H18N4O5. The van der Waals surface area contributed by atoms with E-state index in [2.05, 4.69) is 9.97 Å². The number of non-ortho nitro benzene ring substituents is 1. The molecule has 0 radical (unpaired) electrons. The third-order valence-electron chi connectivity index (χ3n) is 4.08. The van der Waals surface area contributed by atoms with E-state index in [-0.39, 0.29) is 17.7 Å². The van der Waals surface area contributed by atoms with Crippen molar-refractivity contribution in [2.75, 3.05) is 20.2 Å². The zero-order valence-corrected chi connectivity index (χ0v) is 14.6. The Bertz CT molecular complexity index is 853. The minimum absolute atomic E-state index is 0.0115. The van der Waals surface area contributed by atoms with Gasteiger partial charge in [-0.15, -0.1) is 0 Å². The van der Waals surface area contributed by atoms with Crippen molar-refractivity contribution >= 4 is 17.7 Å². The fourth-order valence-corrected chi connectivity index (χ4v) is 2.70. The number of nitro benzene ring substituents is 1. The molecule has 1 atom stereocenters. The summed E-state index contributed by atoms with van der Waals surface area (Å²) in [6.45, 7) is 1.000. The van der Waals surface area contributed by atoms with Gasteiger partial charge < -0.3 is 14.4 Å². The Hall–Kier alpha value is -3.49. The number of nitro groups is 1. The fourth-order valence-electron chi connectivity index (χ4n) is 2.70. The molecule has 2 heterocycles. The van der Waals surface area contributed by atoms with E-state index in [0.717, 1.165) is 0 Å². The molecule has 1 saturated heterocycles. The highest BCUT2D eigenvalue weighted by Gasteiger charge is 2.27. The van der Waals surface area contributed by atoms with Crippen molar-refractivity contribution in [2.45, 2.75) is 12.5 Å². The molecule has 1 aliphatic heterocycles. The van der Waals surface area contributed by atoms with Gasteiger partial charge in [0.1, 0.15) is 6.10 Å². The van der Waals surface area contributed by atoms with Crippen LogP contribution in [0, 0.1) is 10.1 Å². The van der Waals surface area contributed by atoms with Gasteiger partial charge in [-0.1, -0.05) is 0 Å². The van der Waals surface area contributed by atoms with Crippen molar-refractivity contribution in [3.8, 4) is 11.8 Å². The number of carbonyl (C=O) groups excluding carboxylic acids is 1. The van der Waals surface area contributed by atoms with Gasteiger partial charge in [-0.05, 0) is 23.8 Å². The number of hydrogen-bond acceptors (Lipinski definition) is 7. The van der Waals surface area contributed by atoms with E-state index in [1.165, 1.54) is 37.7 Å². The molecule has 140 valence electrons. The first kappa shape index (κ1) is 18.3. The second-order valence-electron chi connectivity index (χ2n) is 5.87. The molecule has 2 aromatic rings. The second kappa shape index (κ2) is 8.26. The first-order valence-electron chi connectivity index (χ1n) is 8.30. The Morgan fingerprint density at radius 3 is 2.63 bits per heavy atom. The number of amides is 1. The summed E-state index contributed by atoms with van der Waals surface area (Å²) < 4.78 is 10.9. The Balaban J connectivity index is 1.56. The van der Waals surface area contributed by atoms with Crippen LogP contribution < -0.4 is 9.47 Å². The highest BCUT2D eigenvalue weighted by Crippen LogP contribution is 2.24. The third-order valence-corrected chi connectivity index (χ3v) is 4.08. The van der Waals surface area contributed by atoms with E-state index in [9.17, 15) is 14.9 Å². The summed E-state index contributed by atoms with van der Waals surface area (Å²) in [5.74, 6) is 0.464. The Morgan fingerprint density at radius 1 is 1.26 bits per heavy atom. The average molecular weight is 370 g/mol. The van der Waals surface area contributed by atoms with Crippen LogP contribution in [-0.4, -0.2) is 52.0 Å². The Labute approximate surface area is 155 Å². The quantitative estimate of drug-likeness (QED) is 0.435. The zero-order chi connectivity index (χ0) is 19.2. The van der Waals surface area contributed by atoms with Gasteiger partial charge >= 0.3 is 0 Å². The topological polar surface area (TPSA) is 108 Å². The molecule has 27 heavy (non-hydrogen) atoms. The predicted molar refractivity (Wildman–Crippen MR) is 96.3 cm³/mol. The lowest BCUT2D eigenvalue weighted by atomic mass is 10.2. The van der Waals surface area contributed by atoms with Gasteiger partial charge in [0.15, 0.2) is 0 Å². The summed E-state index contributed by atoms with van der Waals surface area (Å²) in [7, 11) is 1.49. The molecule has 1 unspecified atom stereocenters. The highest BCUT2D eigenvalue weighted by molar-refractivity contribution is 5.92. The first-order chi connectivity index (χ1) is 13.1. The van der Waals surface area contributed by atoms with Gasteiger partial charge in [-0.3, -0.25) is 14.9 Å². The Kier molecular flexibility index (Phi) is 5.60. The van der Waals surface area contributed by atoms with E-state index >= 15 is 0 Å². The molecule has 1 amide bonds. The number of benzene rings is 1. The summed E-state index contributed by atoms with van der Waals surface area (Å²) in [4.78, 5) is 32.3. The number of rotatable bonds is 6. The summed E-state index contributed by atoms with van der Waals surface area (Å²) in [6, 6.07) is 5.99. The molecular weight excluding hydrogens is 352 g/mol. The molecule has 1 aromatic heterocycles. The fraction of sp³-hybridized carbons (Fsp3) is 0.278. The second-order valence-corrected chi connectivity index (χ2v) is 5.87. The lowest BCUT2D eigenvalue weighted by molar-refractivity contribution is -0.384. The minimum atomic E-state index is -0.463. The maximum atomic E-state index is 12.3. The minimum Gasteiger partial charge on any atom is -0.477 e. The molecule has 9 nitrogen and oxygen atoms in total. The molecule has 0 bridgehead atoms. The van der Waals surface area contributed by atoms with Crippen molar-refractivity contribution in [1.82, 2.24) is 14.9 Å². The Morgan fingerprint density at radius 2 is 1.96 bits per heavy atom. The van der Waals surface area contributed by atoms with Gasteiger partial charge in [0.2, 0.25) is 5.91 Å². The lowest BCUT2D eigenvalue weighted by Crippen LogP contribution is -2.29. The van der Waals surface area contributed by atoms with E-state index in [4.69, 9.17) is 9.47 Å². The highest BCUT2D eigenvalue weighted by atomic mass is 16.6. The van der Waals surface area contributed by atoms with Crippen LogP contribution in [0.1, 0.15) is 12.0 Å². The number of methoxy groups -OCH3 is 1. The SMILES string of the molecule is COc1nccnc1OC1CCN(C(=O)/C=C/c2ccc([N+](=O)[O-])cc2)C1. The van der Waals surface area contributed by atoms with E-state index in [0.29, 0.717) is 36.8 Å². The normalized spacial score (nSPS) is 16.5. The number of ether oxygens (including phenoxy) is 2. The molecule has 1 aliphatic rings. The van der Waals surface area contributed by atoms with Gasteiger partial charge in [0.05, 0.1) is 18.6 Å². The van der Waals surface area contributed by atoms with Gasteiger partial charge in [0, 0.05) is 43.6 Å². The van der Waals surface area contributed by atoms with Gasteiger partial charge in [0.25, 0.3) is 17.4 Å². The monoisotopic (exact) mass is 370 g/mol. The van der Waals surface area contributed by atoms with Crippen molar-refractivity contribution in [1.29, 1.82) is 0 Å². The number of aromatic nitrogens is 2. The standard InChI is InChI=1S/C18H18N4O5/c1-26-17-18(20-10-9-19-17)27-15-8-11-21(12-15)16(23)7-4-13-2-5-14(6-3-13)22(24)25/h2-7,9-10,15H,8,11-12H2,1H3/b7-4+. The maximum absolute atomic E-state index is 12.3. The van der Waals surface area contributed by atoms with Gasteiger partial charge in [-0.25, -0.2) is 9.97 Å². The van der Waals surface area contributed by atoms with E-state index in [1.54, 1.807) is 23.1 Å². The molecule has 3 rings (SSSR count). The summed E-state index contributed by atoms with van der Waals surface area (Å²) in [6.07, 6.45) is 6.60. The molecule has 1 fully saturated rings. The van der Waals surface area contributed by atoms with Crippen LogP contribution in [0.15, 0.2) is 42.7 Å². The van der Waals surface area contributed by atoms with Crippen molar-refractivity contribution in [3.05, 3.63) is 58.4 Å². The van der Waals surface area contributed by atoms with Crippen LogP contribution in [0.5, 0.6) is 11.8 Å². The van der Waals surface area contributed by atoms with Crippen LogP contribution in [0.2, 0.25) is 0 Å². The predicted octanol–water partition coefficient (Wildman–Crippen LogP) is 2.09. The lowest BCUT2D eigenvalue weighted by Gasteiger charge is -2.16. The summed E-state index contributed by atoms with van der Waals surface area (Å²) in [5, 5.41) is 10.7. The molecule has 0 saturated carbocycles. The smallest absolute Gasteiger partial charge is 0.278 e. The molecule has 0 N–H and O–H groups in total. The molecule has 0 spiro atoms. The summed E-state index contributed by atoms with van der Waals surface area (Å²) >= 11 is 0. The van der Waals surface area contributed by atoms with Crippen LogP contribution in [0.25, 0.3) is 6.08 Å². The zero-order valence-electron chi connectivity index (χ0n) is 14.6. The van der Waals surface area contributed by atoms with Crippen LogP contribution in [0.3, 0.4) is 0 Å². The van der Waals surface area contributed by atoms with Crippen LogP contribution >= 0.6 is 0 Å². The maximum Gasteiger partial charge on any atom is 0.278 e.